The number of nitrogens with zero attached hydrogens (tertiary/aromatic N) is 1. The predicted molar refractivity (Wildman–Crippen MR) is 112 cm³/mol. The van der Waals surface area contributed by atoms with Crippen LogP contribution in [0.4, 0.5) is 26.3 Å². The van der Waals surface area contributed by atoms with Gasteiger partial charge in [0.15, 0.2) is 23.3 Å². The normalized spacial score (nSPS) is 11.2. The smallest absolute Gasteiger partial charge is 0.243 e. The Hall–Kier alpha value is -3.02. The molecule has 0 saturated heterocycles. The Bertz CT molecular complexity index is 1130. The molecule has 3 rings (SSSR count). The Labute approximate surface area is 195 Å². The lowest BCUT2D eigenvalue weighted by Gasteiger charge is -2.22. The third-order valence-electron chi connectivity index (χ3n) is 4.81. The van der Waals surface area contributed by atoms with E-state index in [-0.39, 0.29) is 19.5 Å². The molecule has 0 fully saturated rings. The molecule has 0 aromatic heterocycles. The summed E-state index contributed by atoms with van der Waals surface area (Å²) in [6.07, 6.45) is 0.411. The summed E-state index contributed by atoms with van der Waals surface area (Å²) in [5.74, 6) is -11.2. The van der Waals surface area contributed by atoms with Crippen molar-refractivity contribution in [1.29, 1.82) is 0 Å². The van der Waals surface area contributed by atoms with Crippen LogP contribution in [0.15, 0.2) is 53.4 Å². The fraction of sp³-hybridized carbons (Fsp3) is 0.174. The summed E-state index contributed by atoms with van der Waals surface area (Å²) in [6, 6.07) is 12.0. The topological polar surface area (TPSA) is 52.6 Å². The van der Waals surface area contributed by atoms with Crippen LogP contribution >= 0.6 is 11.9 Å². The van der Waals surface area contributed by atoms with Crippen LogP contribution < -0.4 is 5.48 Å². The molecule has 0 saturated carbocycles. The Morgan fingerprint density at radius 2 is 1.18 bits per heavy atom. The first-order valence-electron chi connectivity index (χ1n) is 9.89. The van der Waals surface area contributed by atoms with Gasteiger partial charge in [0.1, 0.15) is 10.7 Å². The number of halogens is 6. The zero-order chi connectivity index (χ0) is 24.8. The summed E-state index contributed by atoms with van der Waals surface area (Å²) in [6.45, 7) is 0.0435. The molecule has 1 amide bonds. The Morgan fingerprint density at radius 1 is 0.735 bits per heavy atom. The second-order valence-electron chi connectivity index (χ2n) is 7.27. The Balaban J connectivity index is 1.85. The molecule has 0 aliphatic heterocycles. The van der Waals surface area contributed by atoms with Gasteiger partial charge in [0, 0.05) is 19.5 Å². The second-order valence-corrected chi connectivity index (χ2v) is 8.37. The van der Waals surface area contributed by atoms with Crippen molar-refractivity contribution < 1.29 is 36.3 Å². The van der Waals surface area contributed by atoms with E-state index in [4.69, 9.17) is 5.21 Å². The number of carbonyl (C=O) groups is 1. The number of rotatable bonds is 9. The number of benzene rings is 3. The maximum absolute atomic E-state index is 14.3. The first kappa shape index (κ1) is 25.6. The monoisotopic (exact) mass is 500 g/mol. The van der Waals surface area contributed by atoms with Crippen molar-refractivity contribution in [2.75, 3.05) is 0 Å². The summed E-state index contributed by atoms with van der Waals surface area (Å²) in [4.78, 5) is 10.1. The van der Waals surface area contributed by atoms with E-state index in [0.29, 0.717) is 29.5 Å². The van der Waals surface area contributed by atoms with Crippen LogP contribution in [-0.2, 0) is 24.3 Å². The van der Waals surface area contributed by atoms with E-state index in [0.717, 1.165) is 5.56 Å². The molecule has 180 valence electrons. The molecule has 0 aliphatic rings. The predicted octanol–water partition coefficient (Wildman–Crippen LogP) is 5.67. The molecule has 0 spiro atoms. The molecule has 0 aliphatic carbocycles. The van der Waals surface area contributed by atoms with Crippen LogP contribution in [0.3, 0.4) is 0 Å². The molecule has 0 unspecified atom stereocenters. The molecular weight excluding hydrogens is 482 g/mol. The third-order valence-corrected chi connectivity index (χ3v) is 5.87. The standard InChI is InChI=1S/C23H18F6N2O2S/c24-16-8-5-15(6-9-16)12-31(34-23-21(28)19(26)18(25)20(27)22(23)29)11-14-3-1-13(2-4-14)7-10-17(32)30-33/h1-6,8-9,33H,7,10-12H2,(H,30,32). The van der Waals surface area contributed by atoms with Crippen LogP contribution in [0.1, 0.15) is 23.1 Å². The number of hydroxylamine groups is 1. The second kappa shape index (κ2) is 11.4. The number of carbonyl (C=O) groups excluding carboxylic acids is 1. The van der Waals surface area contributed by atoms with Crippen LogP contribution in [0.5, 0.6) is 0 Å². The molecule has 3 aromatic rings. The van der Waals surface area contributed by atoms with Crippen molar-refractivity contribution >= 4 is 17.9 Å². The van der Waals surface area contributed by atoms with Gasteiger partial charge in [0.05, 0.1) is 0 Å². The number of hydrogen-bond acceptors (Lipinski definition) is 4. The van der Waals surface area contributed by atoms with E-state index >= 15 is 0 Å². The van der Waals surface area contributed by atoms with Gasteiger partial charge in [-0.3, -0.25) is 10.0 Å². The zero-order valence-corrected chi connectivity index (χ0v) is 18.2. The number of nitrogens with one attached hydrogen (secondary N) is 1. The van der Waals surface area contributed by atoms with Crippen LogP contribution in [0.25, 0.3) is 0 Å². The lowest BCUT2D eigenvalue weighted by atomic mass is 10.1. The molecule has 0 radical (unpaired) electrons. The summed E-state index contributed by atoms with van der Waals surface area (Å²) in [5, 5.41) is 8.55. The van der Waals surface area contributed by atoms with E-state index in [9.17, 15) is 31.1 Å². The van der Waals surface area contributed by atoms with Crippen molar-refractivity contribution in [2.24, 2.45) is 0 Å². The minimum absolute atomic E-state index is 0.00284. The number of aryl methyl sites for hydroxylation is 1. The zero-order valence-electron chi connectivity index (χ0n) is 17.4. The van der Waals surface area contributed by atoms with Gasteiger partial charge in [0.25, 0.3) is 0 Å². The number of amides is 1. The molecular formula is C23H18F6N2O2S. The first-order valence-corrected chi connectivity index (χ1v) is 10.7. The fourth-order valence-corrected chi connectivity index (χ4v) is 4.06. The maximum atomic E-state index is 14.3. The molecule has 4 nitrogen and oxygen atoms in total. The largest absolute Gasteiger partial charge is 0.289 e. The highest BCUT2D eigenvalue weighted by Gasteiger charge is 2.28. The average Bonchev–Trinajstić information content (AvgIpc) is 2.84. The average molecular weight is 500 g/mol. The highest BCUT2D eigenvalue weighted by atomic mass is 32.2. The molecule has 0 heterocycles. The van der Waals surface area contributed by atoms with Crippen molar-refractivity contribution in [3.8, 4) is 0 Å². The van der Waals surface area contributed by atoms with E-state index in [1.807, 2.05) is 0 Å². The number of hydrogen-bond donors (Lipinski definition) is 2. The van der Waals surface area contributed by atoms with Crippen LogP contribution in [-0.4, -0.2) is 15.4 Å². The lowest BCUT2D eigenvalue weighted by Crippen LogP contribution is -2.18. The van der Waals surface area contributed by atoms with Crippen molar-refractivity contribution in [2.45, 2.75) is 30.8 Å². The molecule has 2 N–H and O–H groups in total. The summed E-state index contributed by atoms with van der Waals surface area (Å²) in [5.41, 5.74) is 3.51. The van der Waals surface area contributed by atoms with E-state index in [1.54, 1.807) is 24.3 Å². The van der Waals surface area contributed by atoms with Crippen molar-refractivity contribution in [1.82, 2.24) is 9.79 Å². The van der Waals surface area contributed by atoms with E-state index in [2.05, 4.69) is 0 Å². The van der Waals surface area contributed by atoms with Gasteiger partial charge in [-0.1, -0.05) is 36.4 Å². The summed E-state index contributed by atoms with van der Waals surface area (Å²) >= 11 is 0.356. The molecule has 0 atom stereocenters. The highest BCUT2D eigenvalue weighted by Crippen LogP contribution is 2.34. The third kappa shape index (κ3) is 6.31. The highest BCUT2D eigenvalue weighted by molar-refractivity contribution is 7.97. The maximum Gasteiger partial charge on any atom is 0.243 e. The molecule has 3 aromatic carbocycles. The van der Waals surface area contributed by atoms with E-state index in [1.165, 1.54) is 34.1 Å². The van der Waals surface area contributed by atoms with Crippen LogP contribution in [0, 0.1) is 34.9 Å². The minimum atomic E-state index is -2.24. The van der Waals surface area contributed by atoms with Gasteiger partial charge in [-0.05, 0) is 47.2 Å². The van der Waals surface area contributed by atoms with Crippen molar-refractivity contribution in [3.63, 3.8) is 0 Å². The molecule has 0 bridgehead atoms. The SMILES string of the molecule is O=C(CCc1ccc(CN(Cc2ccc(F)cc2)Sc2c(F)c(F)c(F)c(F)c2F)cc1)NO. The Morgan fingerprint density at radius 3 is 1.68 bits per heavy atom. The van der Waals surface area contributed by atoms with Gasteiger partial charge in [-0.2, -0.15) is 0 Å². The molecule has 34 heavy (non-hydrogen) atoms. The minimum Gasteiger partial charge on any atom is -0.289 e. The summed E-state index contributed by atoms with van der Waals surface area (Å²) in [7, 11) is 0. The van der Waals surface area contributed by atoms with Gasteiger partial charge in [-0.15, -0.1) is 0 Å². The van der Waals surface area contributed by atoms with Crippen molar-refractivity contribution in [3.05, 3.63) is 100 Å². The quantitative estimate of drug-likeness (QED) is 0.0993. The molecule has 11 heteroatoms. The van der Waals surface area contributed by atoms with Gasteiger partial charge in [-0.25, -0.2) is 36.1 Å². The fourth-order valence-electron chi connectivity index (χ4n) is 3.04. The van der Waals surface area contributed by atoms with Crippen LogP contribution in [0.2, 0.25) is 0 Å². The van der Waals surface area contributed by atoms with Gasteiger partial charge >= 0.3 is 0 Å². The van der Waals surface area contributed by atoms with Gasteiger partial charge < -0.3 is 0 Å². The Kier molecular flexibility index (Phi) is 8.59. The van der Waals surface area contributed by atoms with E-state index < -0.39 is 45.7 Å². The first-order chi connectivity index (χ1) is 16.2. The lowest BCUT2D eigenvalue weighted by molar-refractivity contribution is -0.129. The summed E-state index contributed by atoms with van der Waals surface area (Å²) < 4.78 is 83.9. The van der Waals surface area contributed by atoms with Gasteiger partial charge in [0.2, 0.25) is 11.7 Å².